The van der Waals surface area contributed by atoms with Gasteiger partial charge in [0.25, 0.3) is 0 Å². The van der Waals surface area contributed by atoms with Crippen molar-refractivity contribution in [2.24, 2.45) is 34.5 Å². The Hall–Kier alpha value is -1.09. The fraction of sp³-hybridized carbons (Fsp3) is 0.828. The Balaban J connectivity index is 1.67. The van der Waals surface area contributed by atoms with Crippen molar-refractivity contribution in [1.82, 2.24) is 0 Å². The molecule has 204 valence electrons. The minimum Gasteiger partial charge on any atom is -0.392 e. The molecule has 4 aliphatic carbocycles. The molecule has 0 spiro atoms. The summed E-state index contributed by atoms with van der Waals surface area (Å²) in [6.07, 6.45) is 3.43. The second-order valence-electron chi connectivity index (χ2n) is 13.2. The van der Waals surface area contributed by atoms with E-state index >= 15 is 0 Å². The normalized spacial score (nSPS) is 45.4. The van der Waals surface area contributed by atoms with Gasteiger partial charge in [0.15, 0.2) is 5.78 Å². The summed E-state index contributed by atoms with van der Waals surface area (Å²) in [5, 5.41) is 65.4. The first kappa shape index (κ1) is 27.9. The fourth-order valence-corrected chi connectivity index (χ4v) is 8.64. The molecule has 10 atom stereocenters. The number of hydrogen-bond acceptors (Lipinski definition) is 7. The molecule has 0 aromatic rings. The Labute approximate surface area is 214 Å². The molecule has 0 radical (unpaired) electrons. The molecule has 7 nitrogen and oxygen atoms in total. The molecule has 3 fully saturated rings. The zero-order valence-electron chi connectivity index (χ0n) is 22.4. The zero-order valence-corrected chi connectivity index (χ0v) is 22.4. The Morgan fingerprint density at radius 3 is 2.44 bits per heavy atom. The second kappa shape index (κ2) is 9.28. The van der Waals surface area contributed by atoms with Crippen molar-refractivity contribution in [3.05, 3.63) is 23.3 Å². The summed E-state index contributed by atoms with van der Waals surface area (Å²) in [4.78, 5) is 13.3. The standard InChI is InChI=1S/C29H46O7/c1-16(2)17(8-11-30)12-25(34)28(5,35)24-7-10-29(36)19-13-21(31)20-14-22(32)23(33)15-26(20,3)18(19)6-9-27(24,29)4/h8,13,16,18,20,22-25,30,32-36H,6-7,9-12,14-15H2,1-5H3/b17-8-/t18-,20-,22+,23-,24-,25+,26+,27+,28+,29+/m0/s1. The lowest BCUT2D eigenvalue weighted by molar-refractivity contribution is -0.175. The van der Waals surface area contributed by atoms with E-state index in [0.717, 1.165) is 5.57 Å². The summed E-state index contributed by atoms with van der Waals surface area (Å²) in [5.41, 5.74) is -2.47. The maximum Gasteiger partial charge on any atom is 0.159 e. The van der Waals surface area contributed by atoms with Crippen LogP contribution in [0.3, 0.4) is 0 Å². The van der Waals surface area contributed by atoms with E-state index in [2.05, 4.69) is 0 Å². The first-order valence-corrected chi connectivity index (χ1v) is 13.7. The van der Waals surface area contributed by atoms with Crippen LogP contribution in [0.5, 0.6) is 0 Å². The van der Waals surface area contributed by atoms with Crippen LogP contribution in [0.1, 0.15) is 79.6 Å². The van der Waals surface area contributed by atoms with Crippen LogP contribution in [0, 0.1) is 34.5 Å². The predicted octanol–water partition coefficient (Wildman–Crippen LogP) is 2.27. The van der Waals surface area contributed by atoms with Crippen LogP contribution in [0.2, 0.25) is 0 Å². The highest BCUT2D eigenvalue weighted by Gasteiger charge is 2.69. The number of rotatable bonds is 6. The first-order valence-electron chi connectivity index (χ1n) is 13.7. The number of ketones is 1. The summed E-state index contributed by atoms with van der Waals surface area (Å²) in [6.45, 7) is 9.50. The molecule has 6 N–H and O–H groups in total. The van der Waals surface area contributed by atoms with Gasteiger partial charge in [-0.1, -0.05) is 39.3 Å². The number of aliphatic hydroxyl groups excluding tert-OH is 4. The van der Waals surface area contributed by atoms with E-state index < -0.39 is 46.3 Å². The minimum atomic E-state index is -1.48. The SMILES string of the molecule is CC(C)/C(=C\CO)C[C@@H](O)[C@](C)(O)[C@H]1CC[C@@]2(O)C3=CC(=O)[C@@H]4C[C@@H](O)[C@@H](O)C[C@]4(C)[C@H]3CC[C@]12C. The van der Waals surface area contributed by atoms with Gasteiger partial charge in [-0.25, -0.2) is 0 Å². The van der Waals surface area contributed by atoms with Crippen molar-refractivity contribution in [3.8, 4) is 0 Å². The van der Waals surface area contributed by atoms with Crippen molar-refractivity contribution in [2.45, 2.75) is 109 Å². The van der Waals surface area contributed by atoms with Crippen LogP contribution in [0.15, 0.2) is 23.3 Å². The number of hydrogen-bond donors (Lipinski definition) is 6. The maximum absolute atomic E-state index is 13.3. The Morgan fingerprint density at radius 2 is 1.83 bits per heavy atom. The maximum atomic E-state index is 13.3. The molecule has 0 bridgehead atoms. The van der Waals surface area contributed by atoms with E-state index in [1.54, 1.807) is 19.1 Å². The van der Waals surface area contributed by atoms with Crippen LogP contribution in [0.4, 0.5) is 0 Å². The predicted molar refractivity (Wildman–Crippen MR) is 136 cm³/mol. The molecule has 0 heterocycles. The Kier molecular flexibility index (Phi) is 7.20. The summed E-state index contributed by atoms with van der Waals surface area (Å²) < 4.78 is 0. The molecule has 36 heavy (non-hydrogen) atoms. The molecular weight excluding hydrogens is 460 g/mol. The van der Waals surface area contributed by atoms with E-state index in [1.165, 1.54) is 0 Å². The Bertz CT molecular complexity index is 938. The van der Waals surface area contributed by atoms with Gasteiger partial charge in [0.05, 0.1) is 36.1 Å². The third-order valence-electron chi connectivity index (χ3n) is 11.0. The fourth-order valence-electron chi connectivity index (χ4n) is 8.64. The lowest BCUT2D eigenvalue weighted by Crippen LogP contribution is -2.62. The summed E-state index contributed by atoms with van der Waals surface area (Å²) >= 11 is 0. The van der Waals surface area contributed by atoms with Gasteiger partial charge in [0.2, 0.25) is 0 Å². The smallest absolute Gasteiger partial charge is 0.159 e. The molecule has 0 unspecified atom stereocenters. The minimum absolute atomic E-state index is 0.0888. The molecule has 7 heteroatoms. The van der Waals surface area contributed by atoms with Crippen LogP contribution < -0.4 is 0 Å². The van der Waals surface area contributed by atoms with Gasteiger partial charge in [0, 0.05) is 11.3 Å². The summed E-state index contributed by atoms with van der Waals surface area (Å²) in [5.74, 6) is -0.848. The van der Waals surface area contributed by atoms with Gasteiger partial charge < -0.3 is 30.6 Å². The first-order chi connectivity index (χ1) is 16.6. The highest BCUT2D eigenvalue weighted by molar-refractivity contribution is 5.95. The molecule has 4 aliphatic rings. The average molecular weight is 507 g/mol. The van der Waals surface area contributed by atoms with Crippen molar-refractivity contribution >= 4 is 5.78 Å². The average Bonchev–Trinajstić information content (AvgIpc) is 3.07. The molecule has 3 saturated carbocycles. The largest absolute Gasteiger partial charge is 0.392 e. The van der Waals surface area contributed by atoms with E-state index in [1.807, 2.05) is 27.7 Å². The number of carbonyl (C=O) groups excluding carboxylic acids is 1. The molecule has 0 aromatic heterocycles. The van der Waals surface area contributed by atoms with Crippen molar-refractivity contribution in [2.75, 3.05) is 6.61 Å². The van der Waals surface area contributed by atoms with Gasteiger partial charge in [-0.15, -0.1) is 0 Å². The number of allylic oxidation sites excluding steroid dienone is 1. The molecule has 4 rings (SSSR count). The highest BCUT2D eigenvalue weighted by atomic mass is 16.3. The number of carbonyl (C=O) groups is 1. The van der Waals surface area contributed by atoms with Crippen LogP contribution in [-0.4, -0.2) is 72.5 Å². The van der Waals surface area contributed by atoms with Crippen molar-refractivity contribution in [1.29, 1.82) is 0 Å². The highest BCUT2D eigenvalue weighted by Crippen LogP contribution is 2.68. The van der Waals surface area contributed by atoms with Gasteiger partial charge >= 0.3 is 0 Å². The molecule has 0 saturated heterocycles. The topological polar surface area (TPSA) is 138 Å². The van der Waals surface area contributed by atoms with Crippen molar-refractivity contribution < 1.29 is 35.4 Å². The number of aliphatic hydroxyl groups is 6. The lowest BCUT2D eigenvalue weighted by atomic mass is 9.45. The molecule has 0 amide bonds. The van der Waals surface area contributed by atoms with E-state index in [-0.39, 0.29) is 43.0 Å². The second-order valence-corrected chi connectivity index (χ2v) is 13.2. The third kappa shape index (κ3) is 3.97. The van der Waals surface area contributed by atoms with Crippen LogP contribution in [-0.2, 0) is 4.79 Å². The van der Waals surface area contributed by atoms with E-state index in [9.17, 15) is 35.4 Å². The molecular formula is C29H46O7. The van der Waals surface area contributed by atoms with E-state index in [0.29, 0.717) is 37.7 Å². The van der Waals surface area contributed by atoms with Gasteiger partial charge in [-0.2, -0.15) is 0 Å². The quantitative estimate of drug-likeness (QED) is 0.304. The summed E-state index contributed by atoms with van der Waals surface area (Å²) in [7, 11) is 0. The van der Waals surface area contributed by atoms with Crippen LogP contribution >= 0.6 is 0 Å². The van der Waals surface area contributed by atoms with Crippen molar-refractivity contribution in [3.63, 3.8) is 0 Å². The monoisotopic (exact) mass is 506 g/mol. The third-order valence-corrected chi connectivity index (χ3v) is 11.0. The number of fused-ring (bicyclic) bond motifs is 5. The van der Waals surface area contributed by atoms with Gasteiger partial charge in [0.1, 0.15) is 0 Å². The molecule has 0 aromatic carbocycles. The molecule has 0 aliphatic heterocycles. The zero-order chi connectivity index (χ0) is 26.8. The lowest BCUT2D eigenvalue weighted by Gasteiger charge is -2.60. The Morgan fingerprint density at radius 1 is 1.17 bits per heavy atom. The van der Waals surface area contributed by atoms with Gasteiger partial charge in [-0.3, -0.25) is 4.79 Å². The summed E-state index contributed by atoms with van der Waals surface area (Å²) in [6, 6.07) is 0. The van der Waals surface area contributed by atoms with E-state index in [4.69, 9.17) is 0 Å². The van der Waals surface area contributed by atoms with Gasteiger partial charge in [-0.05, 0) is 86.7 Å². The van der Waals surface area contributed by atoms with Crippen LogP contribution in [0.25, 0.3) is 0 Å².